The van der Waals surface area contributed by atoms with E-state index in [1.807, 2.05) is 0 Å². The predicted molar refractivity (Wildman–Crippen MR) is 113 cm³/mol. The van der Waals surface area contributed by atoms with E-state index in [1.165, 1.54) is 102 Å². The van der Waals surface area contributed by atoms with Gasteiger partial charge in [0.2, 0.25) is 0 Å². The zero-order valence-corrected chi connectivity index (χ0v) is 21.1. The second-order valence-corrected chi connectivity index (χ2v) is 9.18. The van der Waals surface area contributed by atoms with Gasteiger partial charge in [0, 0.05) is 0 Å². The van der Waals surface area contributed by atoms with Crippen LogP contribution in [0.2, 0.25) is 0 Å². The van der Waals surface area contributed by atoms with E-state index >= 15 is 0 Å². The number of aryl methyl sites for hydroxylation is 1. The summed E-state index contributed by atoms with van der Waals surface area (Å²) >= 11 is 0. The third-order valence-corrected chi connectivity index (χ3v) is 6.13. The molecule has 0 amide bonds. The molecular formula is C23H39NaO3S. The minimum absolute atomic E-state index is 0. The van der Waals surface area contributed by atoms with Gasteiger partial charge in [0.05, 0.1) is 4.90 Å². The molecule has 0 spiro atoms. The summed E-state index contributed by atoms with van der Waals surface area (Å²) in [4.78, 5) is -0.136. The quantitative estimate of drug-likeness (QED) is 0.218. The third kappa shape index (κ3) is 15.0. The molecule has 0 atom stereocenters. The van der Waals surface area contributed by atoms with Crippen molar-refractivity contribution in [1.29, 1.82) is 0 Å². The molecule has 0 radical (unpaired) electrons. The van der Waals surface area contributed by atoms with Crippen LogP contribution in [0.5, 0.6) is 0 Å². The third-order valence-electron chi connectivity index (χ3n) is 5.28. The van der Waals surface area contributed by atoms with Gasteiger partial charge in [-0.15, -0.1) is 0 Å². The first kappa shape index (κ1) is 28.1. The van der Waals surface area contributed by atoms with Gasteiger partial charge in [-0.1, -0.05) is 109 Å². The molecule has 5 heteroatoms. The standard InChI is InChI=1S/C23H40O3S.Na/c1-2-3-4-5-6-7-8-9-10-11-12-13-14-15-16-17-22-18-20-23(21-19-22)27(24,25)26;/h18-21H,2-17H2,1H3,(H,24,25,26);/q;+1/p-1. The second kappa shape index (κ2) is 17.9. The molecule has 0 heterocycles. The van der Waals surface area contributed by atoms with Gasteiger partial charge >= 0.3 is 29.6 Å². The second-order valence-electron chi connectivity index (χ2n) is 7.80. The van der Waals surface area contributed by atoms with Crippen molar-refractivity contribution < 1.29 is 42.5 Å². The molecule has 0 saturated carbocycles. The van der Waals surface area contributed by atoms with Gasteiger partial charge in [-0.2, -0.15) is 0 Å². The normalized spacial score (nSPS) is 11.4. The summed E-state index contributed by atoms with van der Waals surface area (Å²) in [5.41, 5.74) is 1.11. The molecule has 0 aliphatic heterocycles. The largest absolute Gasteiger partial charge is 1.00 e. The Kier molecular flexibility index (Phi) is 18.0. The van der Waals surface area contributed by atoms with E-state index in [9.17, 15) is 13.0 Å². The number of benzene rings is 1. The molecule has 0 N–H and O–H groups in total. The Balaban J connectivity index is 0.00000729. The molecule has 28 heavy (non-hydrogen) atoms. The maximum Gasteiger partial charge on any atom is 1.00 e. The topological polar surface area (TPSA) is 57.2 Å². The van der Waals surface area contributed by atoms with E-state index in [0.29, 0.717) is 0 Å². The van der Waals surface area contributed by atoms with Gasteiger partial charge < -0.3 is 4.55 Å². The molecule has 0 fully saturated rings. The van der Waals surface area contributed by atoms with Crippen molar-refractivity contribution in [3.8, 4) is 0 Å². The molecule has 1 aromatic carbocycles. The summed E-state index contributed by atoms with van der Waals surface area (Å²) in [5, 5.41) is 0. The van der Waals surface area contributed by atoms with Crippen molar-refractivity contribution in [2.75, 3.05) is 0 Å². The van der Waals surface area contributed by atoms with Gasteiger partial charge in [-0.25, -0.2) is 8.42 Å². The number of rotatable bonds is 17. The fourth-order valence-electron chi connectivity index (χ4n) is 3.52. The predicted octanol–water partition coefficient (Wildman–Crippen LogP) is 4.01. The van der Waals surface area contributed by atoms with Gasteiger partial charge in [0.1, 0.15) is 10.1 Å². The summed E-state index contributed by atoms with van der Waals surface area (Å²) in [7, 11) is -4.32. The Morgan fingerprint density at radius 3 is 1.36 bits per heavy atom. The molecule has 0 saturated heterocycles. The van der Waals surface area contributed by atoms with E-state index in [4.69, 9.17) is 0 Å². The summed E-state index contributed by atoms with van der Waals surface area (Å²) in [6.45, 7) is 2.27. The Bertz CT molecular complexity index is 570. The van der Waals surface area contributed by atoms with Crippen LogP contribution in [0.25, 0.3) is 0 Å². The fraction of sp³-hybridized carbons (Fsp3) is 0.739. The monoisotopic (exact) mass is 418 g/mol. The smallest absolute Gasteiger partial charge is 0.744 e. The first-order chi connectivity index (χ1) is 13.0. The minimum atomic E-state index is -4.32. The van der Waals surface area contributed by atoms with Crippen molar-refractivity contribution >= 4 is 10.1 Å². The summed E-state index contributed by atoms with van der Waals surface area (Å²) in [6, 6.07) is 6.36. The zero-order valence-electron chi connectivity index (χ0n) is 18.3. The Morgan fingerprint density at radius 1 is 0.643 bits per heavy atom. The Labute approximate surface area is 196 Å². The van der Waals surface area contributed by atoms with Gasteiger partial charge in [0.15, 0.2) is 0 Å². The van der Waals surface area contributed by atoms with Crippen LogP contribution < -0.4 is 29.6 Å². The minimum Gasteiger partial charge on any atom is -0.744 e. The van der Waals surface area contributed by atoms with E-state index in [0.717, 1.165) is 18.4 Å². The van der Waals surface area contributed by atoms with Crippen molar-refractivity contribution in [2.24, 2.45) is 0 Å². The molecule has 0 aromatic heterocycles. The fourth-order valence-corrected chi connectivity index (χ4v) is 3.99. The Hall–Kier alpha value is 0.130. The summed E-state index contributed by atoms with van der Waals surface area (Å²) in [5.74, 6) is 0. The van der Waals surface area contributed by atoms with Crippen LogP contribution in [-0.4, -0.2) is 13.0 Å². The zero-order chi connectivity index (χ0) is 19.8. The number of unbranched alkanes of at least 4 members (excludes halogenated alkanes) is 14. The molecule has 0 bridgehead atoms. The summed E-state index contributed by atoms with van der Waals surface area (Å²) in [6.07, 6.45) is 21.3. The number of hydrogen-bond donors (Lipinski definition) is 0. The molecular weight excluding hydrogens is 379 g/mol. The first-order valence-electron chi connectivity index (χ1n) is 11.1. The van der Waals surface area contributed by atoms with Crippen molar-refractivity contribution in [2.45, 2.75) is 115 Å². The molecule has 0 aliphatic carbocycles. The van der Waals surface area contributed by atoms with Crippen LogP contribution in [0.3, 0.4) is 0 Å². The summed E-state index contributed by atoms with van der Waals surface area (Å²) < 4.78 is 32.7. The van der Waals surface area contributed by atoms with Crippen molar-refractivity contribution in [3.63, 3.8) is 0 Å². The maximum atomic E-state index is 10.9. The SMILES string of the molecule is CCCCCCCCCCCCCCCCCc1ccc(S(=O)(=O)[O-])cc1.[Na+]. The molecule has 3 nitrogen and oxygen atoms in total. The van der Waals surface area contributed by atoms with Gasteiger partial charge in [0.25, 0.3) is 0 Å². The van der Waals surface area contributed by atoms with Crippen LogP contribution in [0.15, 0.2) is 29.2 Å². The molecule has 156 valence electrons. The van der Waals surface area contributed by atoms with E-state index in [-0.39, 0.29) is 34.5 Å². The van der Waals surface area contributed by atoms with Crippen LogP contribution in [0.1, 0.15) is 109 Å². The maximum absolute atomic E-state index is 10.9. The van der Waals surface area contributed by atoms with Crippen LogP contribution >= 0.6 is 0 Å². The van der Waals surface area contributed by atoms with E-state index in [2.05, 4.69) is 6.92 Å². The Morgan fingerprint density at radius 2 is 1.00 bits per heavy atom. The van der Waals surface area contributed by atoms with Gasteiger partial charge in [-0.3, -0.25) is 0 Å². The van der Waals surface area contributed by atoms with Crippen molar-refractivity contribution in [3.05, 3.63) is 29.8 Å². The van der Waals surface area contributed by atoms with Crippen LogP contribution in [0.4, 0.5) is 0 Å². The molecule has 1 rings (SSSR count). The average molecular weight is 419 g/mol. The van der Waals surface area contributed by atoms with E-state index < -0.39 is 10.1 Å². The van der Waals surface area contributed by atoms with Crippen LogP contribution in [-0.2, 0) is 16.5 Å². The van der Waals surface area contributed by atoms with Crippen LogP contribution in [0, 0.1) is 0 Å². The molecule has 0 unspecified atom stereocenters. The van der Waals surface area contributed by atoms with E-state index in [1.54, 1.807) is 12.1 Å². The molecule has 0 aliphatic rings. The first-order valence-corrected chi connectivity index (χ1v) is 12.5. The average Bonchev–Trinajstić information content (AvgIpc) is 2.64. The number of hydrogen-bond acceptors (Lipinski definition) is 3. The molecule has 1 aromatic rings. The van der Waals surface area contributed by atoms with Crippen molar-refractivity contribution in [1.82, 2.24) is 0 Å². The van der Waals surface area contributed by atoms with Gasteiger partial charge in [-0.05, 0) is 30.5 Å².